The van der Waals surface area contributed by atoms with E-state index in [1.54, 1.807) is 7.05 Å². The van der Waals surface area contributed by atoms with Crippen molar-refractivity contribution in [2.75, 3.05) is 25.9 Å². The molecule has 0 bridgehead atoms. The minimum Gasteiger partial charge on any atom is -0.359 e. The number of hydrogen-bond donors (Lipinski definition) is 2. The van der Waals surface area contributed by atoms with E-state index in [9.17, 15) is 13.2 Å². The number of sulfone groups is 1. The van der Waals surface area contributed by atoms with Crippen molar-refractivity contribution < 1.29 is 13.2 Å². The highest BCUT2D eigenvalue weighted by molar-refractivity contribution is 7.93. The molecule has 6 heteroatoms. The molecule has 0 radical (unpaired) electrons. The average Bonchev–Trinajstić information content (AvgIpc) is 2.34. The lowest BCUT2D eigenvalue weighted by atomic mass is 9.84. The predicted octanol–water partition coefficient (Wildman–Crippen LogP) is -1.49. The minimum absolute atomic E-state index is 0.146. The third-order valence-electron chi connectivity index (χ3n) is 3.34. The van der Waals surface area contributed by atoms with Gasteiger partial charge < -0.3 is 10.6 Å². The monoisotopic (exact) mass is 218 g/mol. The second kappa shape index (κ2) is 2.93. The number of hydrogen-bond acceptors (Lipinski definition) is 4. The van der Waals surface area contributed by atoms with E-state index in [0.717, 1.165) is 0 Å². The highest BCUT2D eigenvalue weighted by Gasteiger charge is 2.60. The molecule has 2 saturated heterocycles. The molecular weight excluding hydrogens is 204 g/mol. The van der Waals surface area contributed by atoms with Gasteiger partial charge in [-0.25, -0.2) is 8.42 Å². The van der Waals surface area contributed by atoms with Crippen molar-refractivity contribution in [3.05, 3.63) is 0 Å². The third-order valence-corrected chi connectivity index (χ3v) is 5.93. The predicted molar refractivity (Wildman–Crippen MR) is 51.6 cm³/mol. The van der Waals surface area contributed by atoms with Crippen LogP contribution in [0.2, 0.25) is 0 Å². The van der Waals surface area contributed by atoms with Crippen LogP contribution in [0.5, 0.6) is 0 Å². The molecule has 1 amide bonds. The molecule has 80 valence electrons. The van der Waals surface area contributed by atoms with Crippen LogP contribution in [0, 0.1) is 5.92 Å². The SMILES string of the molecule is CNC(=O)C1CCS(=O)(=O)C12CNC2. The van der Waals surface area contributed by atoms with Crippen molar-refractivity contribution in [2.24, 2.45) is 5.92 Å². The minimum atomic E-state index is -3.08. The quantitative estimate of drug-likeness (QED) is 0.562. The first kappa shape index (κ1) is 9.92. The highest BCUT2D eigenvalue weighted by atomic mass is 32.2. The normalized spacial score (nSPS) is 32.5. The van der Waals surface area contributed by atoms with Crippen molar-refractivity contribution in [1.82, 2.24) is 10.6 Å². The molecule has 1 atom stereocenters. The Morgan fingerprint density at radius 1 is 1.50 bits per heavy atom. The van der Waals surface area contributed by atoms with E-state index < -0.39 is 14.6 Å². The molecule has 14 heavy (non-hydrogen) atoms. The van der Waals surface area contributed by atoms with Crippen LogP contribution >= 0.6 is 0 Å². The summed E-state index contributed by atoms with van der Waals surface area (Å²) in [5.74, 6) is -0.362. The Hall–Kier alpha value is -0.620. The van der Waals surface area contributed by atoms with Crippen LogP contribution in [0.4, 0.5) is 0 Å². The van der Waals surface area contributed by atoms with E-state index in [1.165, 1.54) is 0 Å². The molecule has 2 aliphatic heterocycles. The Morgan fingerprint density at radius 2 is 2.14 bits per heavy atom. The first-order valence-electron chi connectivity index (χ1n) is 4.68. The fourth-order valence-corrected chi connectivity index (χ4v) is 4.59. The average molecular weight is 218 g/mol. The maximum absolute atomic E-state index is 11.8. The lowest BCUT2D eigenvalue weighted by Crippen LogP contribution is -2.67. The summed E-state index contributed by atoms with van der Waals surface area (Å²) in [6, 6.07) is 0. The van der Waals surface area contributed by atoms with Crippen LogP contribution < -0.4 is 10.6 Å². The number of carbonyl (C=O) groups is 1. The van der Waals surface area contributed by atoms with Gasteiger partial charge in [0.15, 0.2) is 9.84 Å². The smallest absolute Gasteiger partial charge is 0.224 e. The second-order valence-corrected chi connectivity index (χ2v) is 6.39. The summed E-state index contributed by atoms with van der Waals surface area (Å²) in [5, 5.41) is 5.49. The van der Waals surface area contributed by atoms with Gasteiger partial charge in [-0.05, 0) is 6.42 Å². The summed E-state index contributed by atoms with van der Waals surface area (Å²) < 4.78 is 22.8. The van der Waals surface area contributed by atoms with Crippen molar-refractivity contribution in [2.45, 2.75) is 11.2 Å². The number of carbonyl (C=O) groups excluding carboxylic acids is 1. The fraction of sp³-hybridized carbons (Fsp3) is 0.875. The molecule has 0 aromatic heterocycles. The molecule has 0 aromatic rings. The largest absolute Gasteiger partial charge is 0.359 e. The summed E-state index contributed by atoms with van der Waals surface area (Å²) in [6.07, 6.45) is 0.462. The second-order valence-electron chi connectivity index (χ2n) is 3.94. The zero-order valence-corrected chi connectivity index (χ0v) is 8.86. The van der Waals surface area contributed by atoms with Gasteiger partial charge in [0.05, 0.1) is 11.7 Å². The molecule has 0 aromatic carbocycles. The van der Waals surface area contributed by atoms with E-state index in [4.69, 9.17) is 0 Å². The van der Waals surface area contributed by atoms with Crippen LogP contribution in [0.3, 0.4) is 0 Å². The lowest BCUT2D eigenvalue weighted by Gasteiger charge is -2.41. The van der Waals surface area contributed by atoms with Crippen LogP contribution in [-0.4, -0.2) is 45.0 Å². The molecule has 1 unspecified atom stereocenters. The summed E-state index contributed by atoms with van der Waals surface area (Å²) >= 11 is 0. The fourth-order valence-electron chi connectivity index (χ4n) is 2.34. The van der Waals surface area contributed by atoms with Crippen LogP contribution in [0.15, 0.2) is 0 Å². The molecule has 0 saturated carbocycles. The summed E-state index contributed by atoms with van der Waals surface area (Å²) in [6.45, 7) is 0.848. The van der Waals surface area contributed by atoms with Gasteiger partial charge >= 0.3 is 0 Å². The molecule has 2 N–H and O–H groups in total. The maximum atomic E-state index is 11.8. The number of amides is 1. The van der Waals surface area contributed by atoms with Gasteiger partial charge in [0.2, 0.25) is 5.91 Å². The Bertz CT molecular complexity index is 359. The molecule has 2 aliphatic rings. The zero-order chi connectivity index (χ0) is 10.4. The van der Waals surface area contributed by atoms with Gasteiger partial charge in [-0.3, -0.25) is 4.79 Å². The molecular formula is C8H14N2O3S. The summed E-state index contributed by atoms with van der Waals surface area (Å²) in [7, 11) is -1.53. The van der Waals surface area contributed by atoms with E-state index in [-0.39, 0.29) is 17.6 Å². The van der Waals surface area contributed by atoms with Crippen LogP contribution in [0.1, 0.15) is 6.42 Å². The molecule has 1 spiro atoms. The maximum Gasteiger partial charge on any atom is 0.224 e. The van der Waals surface area contributed by atoms with Crippen molar-refractivity contribution in [3.63, 3.8) is 0 Å². The van der Waals surface area contributed by atoms with E-state index in [1.807, 2.05) is 0 Å². The first-order chi connectivity index (χ1) is 6.53. The third kappa shape index (κ3) is 1.04. The van der Waals surface area contributed by atoms with E-state index in [0.29, 0.717) is 19.5 Å². The Balaban J connectivity index is 2.34. The molecule has 2 heterocycles. The Morgan fingerprint density at radius 3 is 2.57 bits per heavy atom. The van der Waals surface area contributed by atoms with Gasteiger partial charge in [-0.2, -0.15) is 0 Å². The van der Waals surface area contributed by atoms with Gasteiger partial charge in [0, 0.05) is 20.1 Å². The molecule has 2 rings (SSSR count). The van der Waals surface area contributed by atoms with Gasteiger partial charge in [-0.15, -0.1) is 0 Å². The van der Waals surface area contributed by atoms with E-state index in [2.05, 4.69) is 10.6 Å². The topological polar surface area (TPSA) is 75.3 Å². The van der Waals surface area contributed by atoms with Gasteiger partial charge in [0.25, 0.3) is 0 Å². The first-order valence-corrected chi connectivity index (χ1v) is 6.33. The summed E-state index contributed by atoms with van der Waals surface area (Å²) in [4.78, 5) is 11.5. The number of rotatable bonds is 1. The van der Waals surface area contributed by atoms with Crippen molar-refractivity contribution in [3.8, 4) is 0 Å². The number of nitrogens with one attached hydrogen (secondary N) is 2. The summed E-state index contributed by atoms with van der Waals surface area (Å²) in [5.41, 5.74) is 0. The van der Waals surface area contributed by atoms with E-state index >= 15 is 0 Å². The van der Waals surface area contributed by atoms with Crippen LogP contribution in [0.25, 0.3) is 0 Å². The molecule has 5 nitrogen and oxygen atoms in total. The molecule has 0 aliphatic carbocycles. The highest BCUT2D eigenvalue weighted by Crippen LogP contribution is 2.40. The Kier molecular flexibility index (Phi) is 2.08. The Labute approximate surface area is 83.2 Å². The zero-order valence-electron chi connectivity index (χ0n) is 8.04. The standard InChI is InChI=1S/C8H14N2O3S/c1-9-7(11)6-2-3-14(12,13)8(6)4-10-5-8/h6,10H,2-5H2,1H3,(H,9,11). The van der Waals surface area contributed by atoms with Crippen molar-refractivity contribution >= 4 is 15.7 Å². The molecule has 2 fully saturated rings. The van der Waals surface area contributed by atoms with Gasteiger partial charge in [-0.1, -0.05) is 0 Å². The van der Waals surface area contributed by atoms with Crippen molar-refractivity contribution in [1.29, 1.82) is 0 Å². The van der Waals surface area contributed by atoms with Crippen LogP contribution in [-0.2, 0) is 14.6 Å². The van der Waals surface area contributed by atoms with Gasteiger partial charge in [0.1, 0.15) is 4.75 Å². The lowest BCUT2D eigenvalue weighted by molar-refractivity contribution is -0.125.